The largest absolute Gasteiger partial charge is 0.325 e. The number of aryl methyl sites for hydroxylation is 1. The van der Waals surface area contributed by atoms with Crippen LogP contribution in [-0.4, -0.2) is 26.8 Å². The van der Waals surface area contributed by atoms with E-state index in [2.05, 4.69) is 20.5 Å². The summed E-state index contributed by atoms with van der Waals surface area (Å²) in [6, 6.07) is 13.7. The predicted octanol–water partition coefficient (Wildman–Crippen LogP) is 2.36. The van der Waals surface area contributed by atoms with Gasteiger partial charge in [-0.3, -0.25) is 14.6 Å². The first-order valence-electron chi connectivity index (χ1n) is 6.97. The maximum atomic E-state index is 12.0. The third kappa shape index (κ3) is 3.75. The van der Waals surface area contributed by atoms with Crippen molar-refractivity contribution < 1.29 is 4.79 Å². The molecule has 0 aliphatic heterocycles. The lowest BCUT2D eigenvalue weighted by atomic mass is 10.1. The summed E-state index contributed by atoms with van der Waals surface area (Å²) in [5.74, 6) is -0.0333. The Kier molecular flexibility index (Phi) is 4.38. The number of benzene rings is 2. The molecule has 0 fully saturated rings. The topological polar surface area (TPSA) is 87.7 Å². The Labute approximate surface area is 136 Å². The number of rotatable bonds is 4. The Hall–Kier alpha value is -2.67. The van der Waals surface area contributed by atoms with Crippen molar-refractivity contribution in [3.05, 3.63) is 58.5 Å². The summed E-state index contributed by atoms with van der Waals surface area (Å²) in [7, 11) is 0. The van der Waals surface area contributed by atoms with Crippen LogP contribution in [0.4, 0.5) is 5.69 Å². The minimum absolute atomic E-state index is 0.139. The fraction of sp³-hybridized carbons (Fsp3) is 0.125. The van der Waals surface area contributed by atoms with Crippen molar-refractivity contribution in [2.45, 2.75) is 12.1 Å². The zero-order valence-electron chi connectivity index (χ0n) is 12.4. The summed E-state index contributed by atoms with van der Waals surface area (Å²) < 4.78 is 0. The normalized spacial score (nSPS) is 10.7. The van der Waals surface area contributed by atoms with E-state index in [0.29, 0.717) is 10.9 Å². The Balaban J connectivity index is 1.63. The van der Waals surface area contributed by atoms with E-state index in [9.17, 15) is 9.59 Å². The summed E-state index contributed by atoms with van der Waals surface area (Å²) >= 11 is 1.13. The molecule has 1 heterocycles. The van der Waals surface area contributed by atoms with Crippen LogP contribution in [0.25, 0.3) is 10.8 Å². The van der Waals surface area contributed by atoms with Gasteiger partial charge in [-0.05, 0) is 29.8 Å². The second kappa shape index (κ2) is 6.62. The Morgan fingerprint density at radius 2 is 1.96 bits per heavy atom. The smallest absolute Gasteiger partial charge is 0.273 e. The van der Waals surface area contributed by atoms with Crippen molar-refractivity contribution in [3.63, 3.8) is 0 Å². The number of fused-ring (bicyclic) bond motifs is 1. The van der Waals surface area contributed by atoms with Gasteiger partial charge in [0.25, 0.3) is 5.56 Å². The molecule has 0 aliphatic rings. The van der Waals surface area contributed by atoms with Gasteiger partial charge in [0.2, 0.25) is 5.91 Å². The average Bonchev–Trinajstić information content (AvgIpc) is 2.56. The molecule has 0 saturated carbocycles. The van der Waals surface area contributed by atoms with Gasteiger partial charge in [-0.15, -0.1) is 10.2 Å². The van der Waals surface area contributed by atoms with Gasteiger partial charge < -0.3 is 5.32 Å². The lowest BCUT2D eigenvalue weighted by molar-refractivity contribution is -0.113. The molecule has 3 rings (SSSR count). The van der Waals surface area contributed by atoms with E-state index in [-0.39, 0.29) is 17.2 Å². The van der Waals surface area contributed by atoms with Crippen molar-refractivity contribution in [1.82, 2.24) is 15.2 Å². The van der Waals surface area contributed by atoms with E-state index in [0.717, 1.165) is 28.2 Å². The molecule has 0 spiro atoms. The fourth-order valence-electron chi connectivity index (χ4n) is 2.04. The number of thioether (sulfide) groups is 1. The molecule has 0 unspecified atom stereocenters. The van der Waals surface area contributed by atoms with Crippen molar-refractivity contribution in [1.29, 1.82) is 0 Å². The maximum absolute atomic E-state index is 12.0. The van der Waals surface area contributed by atoms with Crippen LogP contribution in [-0.2, 0) is 4.79 Å². The Bertz CT molecular complexity index is 923. The van der Waals surface area contributed by atoms with E-state index in [4.69, 9.17) is 0 Å². The zero-order valence-corrected chi connectivity index (χ0v) is 13.2. The summed E-state index contributed by atoms with van der Waals surface area (Å²) in [5.41, 5.74) is 0.741. The molecule has 0 saturated heterocycles. The minimum atomic E-state index is -0.294. The molecule has 6 nitrogen and oxygen atoms in total. The van der Waals surface area contributed by atoms with Gasteiger partial charge >= 0.3 is 0 Å². The molecule has 0 bridgehead atoms. The second-order valence-corrected chi connectivity index (χ2v) is 5.91. The number of nitrogens with zero attached hydrogens (tertiary/aromatic N) is 2. The maximum Gasteiger partial charge on any atom is 0.273 e. The van der Waals surface area contributed by atoms with Crippen molar-refractivity contribution >= 4 is 34.1 Å². The third-order valence-corrected chi connectivity index (χ3v) is 4.08. The van der Waals surface area contributed by atoms with Gasteiger partial charge in [0.15, 0.2) is 5.16 Å². The Morgan fingerprint density at radius 3 is 2.74 bits per heavy atom. The molecular weight excluding hydrogens is 312 g/mol. The van der Waals surface area contributed by atoms with Gasteiger partial charge in [-0.25, -0.2) is 0 Å². The third-order valence-electron chi connectivity index (χ3n) is 3.21. The number of aromatic nitrogens is 3. The van der Waals surface area contributed by atoms with Crippen molar-refractivity contribution in [2.24, 2.45) is 0 Å². The molecule has 7 heteroatoms. The summed E-state index contributed by atoms with van der Waals surface area (Å²) in [5, 5.41) is 12.9. The first-order valence-corrected chi connectivity index (χ1v) is 7.95. The molecule has 2 N–H and O–H groups in total. The number of carbonyl (C=O) groups excluding carboxylic acids is 1. The molecule has 1 amide bonds. The van der Waals surface area contributed by atoms with Crippen molar-refractivity contribution in [2.75, 3.05) is 11.1 Å². The van der Waals surface area contributed by atoms with Crippen molar-refractivity contribution in [3.8, 4) is 0 Å². The fourth-order valence-corrected chi connectivity index (χ4v) is 2.64. The molecule has 0 aliphatic carbocycles. The highest BCUT2D eigenvalue weighted by Gasteiger charge is 2.07. The number of H-pyrrole nitrogens is 1. The molecular formula is C16H14N4O2S. The van der Waals surface area contributed by atoms with E-state index in [1.54, 1.807) is 6.92 Å². The first kappa shape index (κ1) is 15.2. The van der Waals surface area contributed by atoms with E-state index >= 15 is 0 Å². The van der Waals surface area contributed by atoms with Crippen LogP contribution in [0.2, 0.25) is 0 Å². The molecule has 3 aromatic rings. The van der Waals surface area contributed by atoms with Crippen LogP contribution < -0.4 is 10.9 Å². The van der Waals surface area contributed by atoms with E-state index in [1.165, 1.54) is 0 Å². The zero-order chi connectivity index (χ0) is 16.2. The highest BCUT2D eigenvalue weighted by atomic mass is 32.2. The molecule has 0 atom stereocenters. The van der Waals surface area contributed by atoms with E-state index in [1.807, 2.05) is 42.5 Å². The van der Waals surface area contributed by atoms with Gasteiger partial charge in [0, 0.05) is 5.69 Å². The lowest BCUT2D eigenvalue weighted by Crippen LogP contribution is -2.17. The number of amides is 1. The minimum Gasteiger partial charge on any atom is -0.325 e. The number of hydrogen-bond donors (Lipinski definition) is 2. The average molecular weight is 326 g/mol. The summed E-state index contributed by atoms with van der Waals surface area (Å²) in [6.07, 6.45) is 0. The number of hydrogen-bond acceptors (Lipinski definition) is 5. The van der Waals surface area contributed by atoms with Gasteiger partial charge in [0.05, 0.1) is 5.75 Å². The van der Waals surface area contributed by atoms with Gasteiger partial charge in [0.1, 0.15) is 5.69 Å². The SMILES string of the molecule is Cc1nnc(SCC(=O)Nc2ccc3ccccc3c2)[nH]c1=O. The van der Waals surface area contributed by atoms with Crippen LogP contribution in [0.5, 0.6) is 0 Å². The monoisotopic (exact) mass is 326 g/mol. The molecule has 1 aromatic heterocycles. The highest BCUT2D eigenvalue weighted by molar-refractivity contribution is 7.99. The van der Waals surface area contributed by atoms with E-state index < -0.39 is 0 Å². The first-order chi connectivity index (χ1) is 11.1. The quantitative estimate of drug-likeness (QED) is 0.719. The number of carbonyl (C=O) groups is 1. The van der Waals surface area contributed by atoms with Crippen LogP contribution in [0.3, 0.4) is 0 Å². The Morgan fingerprint density at radius 1 is 1.17 bits per heavy atom. The second-order valence-electron chi connectivity index (χ2n) is 4.94. The molecule has 116 valence electrons. The van der Waals surface area contributed by atoms with Gasteiger partial charge in [-0.1, -0.05) is 42.1 Å². The number of aromatic amines is 1. The summed E-state index contributed by atoms with van der Waals surface area (Å²) in [4.78, 5) is 26.0. The number of anilines is 1. The van der Waals surface area contributed by atoms with Gasteiger partial charge in [-0.2, -0.15) is 0 Å². The molecule has 2 aromatic carbocycles. The molecule has 0 radical (unpaired) electrons. The number of nitrogens with one attached hydrogen (secondary N) is 2. The van der Waals surface area contributed by atoms with Crippen LogP contribution in [0.1, 0.15) is 5.69 Å². The lowest BCUT2D eigenvalue weighted by Gasteiger charge is -2.06. The van der Waals surface area contributed by atoms with Crippen LogP contribution >= 0.6 is 11.8 Å². The predicted molar refractivity (Wildman–Crippen MR) is 90.7 cm³/mol. The molecule has 23 heavy (non-hydrogen) atoms. The highest BCUT2D eigenvalue weighted by Crippen LogP contribution is 2.19. The standard InChI is InChI=1S/C16H14N4O2S/c1-10-15(22)18-16(20-19-10)23-9-14(21)17-13-7-6-11-4-2-3-5-12(11)8-13/h2-8H,9H2,1H3,(H,17,21)(H,18,20,22). The van der Waals surface area contributed by atoms with Crippen LogP contribution in [0.15, 0.2) is 52.4 Å². The van der Waals surface area contributed by atoms with Crippen LogP contribution in [0, 0.1) is 6.92 Å². The summed E-state index contributed by atoms with van der Waals surface area (Å²) in [6.45, 7) is 1.58.